The summed E-state index contributed by atoms with van der Waals surface area (Å²) in [5.41, 5.74) is 0.816. The maximum Gasteiger partial charge on any atom is 0.178 e. The van der Waals surface area contributed by atoms with Crippen molar-refractivity contribution in [3.8, 4) is 0 Å². The Bertz CT molecular complexity index is 644. The van der Waals surface area contributed by atoms with Crippen LogP contribution in [0.2, 0.25) is 0 Å². The van der Waals surface area contributed by atoms with Gasteiger partial charge in [-0.05, 0) is 36.5 Å². The quantitative estimate of drug-likeness (QED) is 0.811. The number of halogens is 2. The number of nitrogens with one attached hydrogen (secondary N) is 1. The number of hydrogen-bond acceptors (Lipinski definition) is 1. The van der Waals surface area contributed by atoms with E-state index >= 15 is 0 Å². The van der Waals surface area contributed by atoms with Crippen LogP contribution in [-0.2, 0) is 6.54 Å². The summed E-state index contributed by atoms with van der Waals surface area (Å²) >= 11 is 5.16. The highest BCUT2D eigenvalue weighted by Crippen LogP contribution is 2.39. The molecular formula is C12H12F2N2S. The second-order valence-corrected chi connectivity index (χ2v) is 5.18. The summed E-state index contributed by atoms with van der Waals surface area (Å²) < 4.78 is 29.0. The van der Waals surface area contributed by atoms with E-state index in [0.29, 0.717) is 27.6 Å². The van der Waals surface area contributed by atoms with Gasteiger partial charge in [0.2, 0.25) is 0 Å². The molecule has 2 aromatic rings. The first-order valence-corrected chi connectivity index (χ1v) is 6.04. The number of aromatic amines is 1. The Hall–Kier alpha value is -1.23. The van der Waals surface area contributed by atoms with Gasteiger partial charge in [-0.1, -0.05) is 6.92 Å². The highest BCUT2D eigenvalue weighted by Gasteiger charge is 2.33. The summed E-state index contributed by atoms with van der Waals surface area (Å²) in [6, 6.07) is 2.20. The van der Waals surface area contributed by atoms with Crippen molar-refractivity contribution in [1.29, 1.82) is 0 Å². The fraction of sp³-hybridized carbons (Fsp3) is 0.417. The predicted octanol–water partition coefficient (Wildman–Crippen LogP) is 3.63. The molecule has 1 aromatic heterocycles. The van der Waals surface area contributed by atoms with Crippen LogP contribution in [0.15, 0.2) is 12.1 Å². The monoisotopic (exact) mass is 254 g/mol. The average Bonchev–Trinajstić information content (AvgIpc) is 2.85. The third-order valence-electron chi connectivity index (χ3n) is 3.50. The minimum atomic E-state index is -0.589. The molecule has 1 aliphatic rings. The molecule has 90 valence electrons. The van der Waals surface area contributed by atoms with Crippen molar-refractivity contribution in [1.82, 2.24) is 9.55 Å². The summed E-state index contributed by atoms with van der Waals surface area (Å²) in [6.07, 6.45) is 1.16. The standard InChI is InChI=1S/C12H12F2N2S/c1-6-2-7(6)5-16-10-4-8(13)3-9(14)11(10)15-12(16)17/h3-4,6-7H,2,5H2,1H3,(H,15,17). The van der Waals surface area contributed by atoms with E-state index in [0.717, 1.165) is 19.0 Å². The van der Waals surface area contributed by atoms with Crippen LogP contribution in [0, 0.1) is 28.2 Å². The summed E-state index contributed by atoms with van der Waals surface area (Å²) in [5.74, 6) is 0.0996. The zero-order valence-electron chi connectivity index (χ0n) is 9.34. The maximum atomic E-state index is 13.5. The first-order valence-electron chi connectivity index (χ1n) is 5.64. The fourth-order valence-electron chi connectivity index (χ4n) is 2.25. The molecule has 0 saturated heterocycles. The van der Waals surface area contributed by atoms with Crippen molar-refractivity contribution < 1.29 is 8.78 Å². The first-order chi connectivity index (χ1) is 8.06. The minimum absolute atomic E-state index is 0.296. The van der Waals surface area contributed by atoms with Crippen molar-refractivity contribution in [3.63, 3.8) is 0 Å². The van der Waals surface area contributed by atoms with Crippen molar-refractivity contribution in [3.05, 3.63) is 28.5 Å². The molecule has 2 atom stereocenters. The molecule has 1 N–H and O–H groups in total. The predicted molar refractivity (Wildman–Crippen MR) is 64.3 cm³/mol. The summed E-state index contributed by atoms with van der Waals surface area (Å²) in [7, 11) is 0. The number of benzene rings is 1. The molecule has 5 heteroatoms. The second-order valence-electron chi connectivity index (χ2n) is 4.80. The first kappa shape index (κ1) is 10.9. The van der Waals surface area contributed by atoms with Gasteiger partial charge in [-0.15, -0.1) is 0 Å². The van der Waals surface area contributed by atoms with Crippen molar-refractivity contribution in [2.75, 3.05) is 0 Å². The molecule has 1 heterocycles. The molecule has 2 nitrogen and oxygen atoms in total. The molecule has 2 unspecified atom stereocenters. The highest BCUT2D eigenvalue weighted by molar-refractivity contribution is 7.71. The molecular weight excluding hydrogens is 242 g/mol. The molecule has 0 spiro atoms. The topological polar surface area (TPSA) is 20.7 Å². The summed E-state index contributed by atoms with van der Waals surface area (Å²) in [4.78, 5) is 2.81. The van der Waals surface area contributed by atoms with Crippen LogP contribution in [0.4, 0.5) is 8.78 Å². The van der Waals surface area contributed by atoms with Gasteiger partial charge in [0.15, 0.2) is 10.6 Å². The number of aromatic nitrogens is 2. The largest absolute Gasteiger partial charge is 0.328 e. The highest BCUT2D eigenvalue weighted by atomic mass is 32.1. The Balaban J connectivity index is 2.16. The van der Waals surface area contributed by atoms with Crippen LogP contribution in [0.3, 0.4) is 0 Å². The molecule has 17 heavy (non-hydrogen) atoms. The molecule has 1 saturated carbocycles. The Kier molecular flexibility index (Phi) is 2.33. The normalized spacial score (nSPS) is 23.2. The van der Waals surface area contributed by atoms with E-state index < -0.39 is 11.6 Å². The van der Waals surface area contributed by atoms with Gasteiger partial charge in [-0.25, -0.2) is 8.78 Å². The molecule has 0 aliphatic heterocycles. The van der Waals surface area contributed by atoms with E-state index in [1.165, 1.54) is 6.07 Å². The molecule has 0 radical (unpaired) electrons. The Morgan fingerprint density at radius 1 is 1.47 bits per heavy atom. The molecule has 1 aromatic carbocycles. The lowest BCUT2D eigenvalue weighted by Crippen LogP contribution is -2.01. The molecule has 0 amide bonds. The molecule has 3 rings (SSSR count). The van der Waals surface area contributed by atoms with E-state index in [1.54, 1.807) is 4.57 Å². The average molecular weight is 254 g/mol. The van der Waals surface area contributed by atoms with Gasteiger partial charge in [0, 0.05) is 12.6 Å². The Labute approximate surface area is 102 Å². The van der Waals surface area contributed by atoms with Crippen molar-refractivity contribution in [2.24, 2.45) is 11.8 Å². The SMILES string of the molecule is CC1CC1Cn1c(=S)[nH]c2c(F)cc(F)cc21. The lowest BCUT2D eigenvalue weighted by molar-refractivity contribution is 0.584. The number of hydrogen-bond donors (Lipinski definition) is 1. The van der Waals surface area contributed by atoms with Gasteiger partial charge < -0.3 is 9.55 Å². The summed E-state index contributed by atoms with van der Waals surface area (Å²) in [5, 5.41) is 0. The van der Waals surface area contributed by atoms with E-state index in [-0.39, 0.29) is 0 Å². The number of nitrogens with zero attached hydrogens (tertiary/aromatic N) is 1. The van der Waals surface area contributed by atoms with Crippen LogP contribution in [-0.4, -0.2) is 9.55 Å². The smallest absolute Gasteiger partial charge is 0.178 e. The molecule has 1 aliphatic carbocycles. The van der Waals surface area contributed by atoms with Gasteiger partial charge in [0.1, 0.15) is 11.3 Å². The van der Waals surface area contributed by atoms with Crippen LogP contribution in [0.1, 0.15) is 13.3 Å². The third kappa shape index (κ3) is 1.78. The van der Waals surface area contributed by atoms with Crippen LogP contribution >= 0.6 is 12.2 Å². The van der Waals surface area contributed by atoms with Gasteiger partial charge in [-0.2, -0.15) is 0 Å². The van der Waals surface area contributed by atoms with E-state index in [9.17, 15) is 8.78 Å². The second kappa shape index (κ2) is 3.63. The van der Waals surface area contributed by atoms with E-state index in [2.05, 4.69) is 11.9 Å². The van der Waals surface area contributed by atoms with Gasteiger partial charge in [0.05, 0.1) is 5.52 Å². The molecule has 0 bridgehead atoms. The minimum Gasteiger partial charge on any atom is -0.328 e. The zero-order chi connectivity index (χ0) is 12.2. The maximum absolute atomic E-state index is 13.5. The van der Waals surface area contributed by atoms with Crippen molar-refractivity contribution in [2.45, 2.75) is 19.9 Å². The Morgan fingerprint density at radius 2 is 2.18 bits per heavy atom. The van der Waals surface area contributed by atoms with Gasteiger partial charge >= 0.3 is 0 Å². The van der Waals surface area contributed by atoms with Crippen LogP contribution in [0.5, 0.6) is 0 Å². The zero-order valence-corrected chi connectivity index (χ0v) is 10.2. The van der Waals surface area contributed by atoms with Crippen molar-refractivity contribution >= 4 is 23.3 Å². The van der Waals surface area contributed by atoms with Gasteiger partial charge in [0.25, 0.3) is 0 Å². The lowest BCUT2D eigenvalue weighted by Gasteiger charge is -2.03. The number of imidazole rings is 1. The number of H-pyrrole nitrogens is 1. The van der Waals surface area contributed by atoms with E-state index in [1.807, 2.05) is 0 Å². The number of fused-ring (bicyclic) bond motifs is 1. The molecule has 1 fully saturated rings. The number of rotatable bonds is 2. The van der Waals surface area contributed by atoms with E-state index in [4.69, 9.17) is 12.2 Å². The Morgan fingerprint density at radius 3 is 2.82 bits per heavy atom. The lowest BCUT2D eigenvalue weighted by atomic mass is 10.2. The van der Waals surface area contributed by atoms with Crippen LogP contribution < -0.4 is 0 Å². The fourth-order valence-corrected chi connectivity index (χ4v) is 2.52. The third-order valence-corrected chi connectivity index (χ3v) is 3.82. The van der Waals surface area contributed by atoms with Crippen LogP contribution in [0.25, 0.3) is 11.0 Å². The summed E-state index contributed by atoms with van der Waals surface area (Å²) in [6.45, 7) is 2.91. The van der Waals surface area contributed by atoms with Gasteiger partial charge in [-0.3, -0.25) is 0 Å².